The molecule has 0 aliphatic carbocycles. The molecule has 3 rings (SSSR count). The molecule has 2 aromatic rings. The Morgan fingerprint density at radius 2 is 2.08 bits per heavy atom. The predicted molar refractivity (Wildman–Crippen MR) is 91.2 cm³/mol. The van der Waals surface area contributed by atoms with Gasteiger partial charge < -0.3 is 9.88 Å². The van der Waals surface area contributed by atoms with Crippen molar-refractivity contribution in [2.45, 2.75) is 26.3 Å². The summed E-state index contributed by atoms with van der Waals surface area (Å²) in [5.41, 5.74) is 0.243. The summed E-state index contributed by atoms with van der Waals surface area (Å²) in [5.74, 6) is 1.09. The van der Waals surface area contributed by atoms with Crippen LogP contribution in [0.25, 0.3) is 0 Å². The van der Waals surface area contributed by atoms with E-state index in [1.807, 2.05) is 19.3 Å². The van der Waals surface area contributed by atoms with E-state index in [9.17, 15) is 9.18 Å². The smallest absolute Gasteiger partial charge is 0.238 e. The molecule has 128 valence electrons. The molecule has 6 heteroatoms. The fourth-order valence-corrected chi connectivity index (χ4v) is 3.16. The van der Waals surface area contributed by atoms with E-state index in [0.29, 0.717) is 12.5 Å². The summed E-state index contributed by atoms with van der Waals surface area (Å²) in [4.78, 5) is 18.5. The molecule has 1 N–H and O–H groups in total. The first kappa shape index (κ1) is 16.6. The van der Waals surface area contributed by atoms with Gasteiger partial charge in [0.15, 0.2) is 0 Å². The summed E-state index contributed by atoms with van der Waals surface area (Å²) >= 11 is 0. The van der Waals surface area contributed by atoms with Gasteiger partial charge in [0.05, 0.1) is 12.2 Å². The number of piperidine rings is 1. The SMILES string of the molecule is Cc1nccn1CC1CCN(CC(=O)Nc2ccccc2F)CC1. The van der Waals surface area contributed by atoms with Gasteiger partial charge in [0, 0.05) is 18.9 Å². The lowest BCUT2D eigenvalue weighted by Crippen LogP contribution is -2.40. The lowest BCUT2D eigenvalue weighted by Gasteiger charge is -2.31. The van der Waals surface area contributed by atoms with Crippen molar-refractivity contribution in [2.75, 3.05) is 25.0 Å². The number of aromatic nitrogens is 2. The number of anilines is 1. The van der Waals surface area contributed by atoms with Crippen LogP contribution < -0.4 is 5.32 Å². The minimum atomic E-state index is -0.403. The van der Waals surface area contributed by atoms with Gasteiger partial charge in [0.2, 0.25) is 5.91 Å². The number of carbonyl (C=O) groups is 1. The number of nitrogens with one attached hydrogen (secondary N) is 1. The van der Waals surface area contributed by atoms with Gasteiger partial charge >= 0.3 is 0 Å². The van der Waals surface area contributed by atoms with Gasteiger partial charge in [-0.2, -0.15) is 0 Å². The third-order valence-corrected chi connectivity index (χ3v) is 4.60. The summed E-state index contributed by atoms with van der Waals surface area (Å²) in [7, 11) is 0. The Kier molecular flexibility index (Phi) is 5.25. The highest BCUT2D eigenvalue weighted by molar-refractivity contribution is 5.92. The summed E-state index contributed by atoms with van der Waals surface area (Å²) in [6.07, 6.45) is 5.97. The minimum Gasteiger partial charge on any atom is -0.335 e. The number of para-hydroxylation sites is 1. The van der Waals surface area contributed by atoms with Gasteiger partial charge in [-0.25, -0.2) is 9.37 Å². The number of nitrogens with zero attached hydrogens (tertiary/aromatic N) is 3. The zero-order valence-corrected chi connectivity index (χ0v) is 13.9. The normalized spacial score (nSPS) is 16.2. The molecule has 1 fully saturated rings. The molecule has 2 heterocycles. The maximum absolute atomic E-state index is 13.6. The average molecular weight is 330 g/mol. The van der Waals surface area contributed by atoms with Crippen LogP contribution in [0.15, 0.2) is 36.7 Å². The fraction of sp³-hybridized carbons (Fsp3) is 0.444. The number of carbonyl (C=O) groups excluding carboxylic acids is 1. The minimum absolute atomic E-state index is 0.163. The second-order valence-corrected chi connectivity index (χ2v) is 6.37. The van der Waals surface area contributed by atoms with E-state index in [0.717, 1.165) is 38.3 Å². The molecule has 0 unspecified atom stereocenters. The topological polar surface area (TPSA) is 50.2 Å². The average Bonchev–Trinajstić information content (AvgIpc) is 2.96. The van der Waals surface area contributed by atoms with Crippen LogP contribution in [0.2, 0.25) is 0 Å². The van der Waals surface area contributed by atoms with Crippen molar-refractivity contribution in [3.05, 3.63) is 48.3 Å². The first-order valence-corrected chi connectivity index (χ1v) is 8.36. The molecule has 0 saturated carbocycles. The van der Waals surface area contributed by atoms with Crippen LogP contribution in [-0.4, -0.2) is 40.0 Å². The molecule has 5 nitrogen and oxygen atoms in total. The van der Waals surface area contributed by atoms with Gasteiger partial charge in [-0.1, -0.05) is 12.1 Å². The van der Waals surface area contributed by atoms with Gasteiger partial charge in [-0.15, -0.1) is 0 Å². The summed E-state index contributed by atoms with van der Waals surface area (Å²) in [6, 6.07) is 6.24. The molecule has 1 aliphatic heterocycles. The molecule has 0 spiro atoms. The molecule has 0 atom stereocenters. The zero-order chi connectivity index (χ0) is 16.9. The highest BCUT2D eigenvalue weighted by Crippen LogP contribution is 2.20. The van der Waals surface area contributed by atoms with Crippen molar-refractivity contribution in [3.63, 3.8) is 0 Å². The number of amides is 1. The van der Waals surface area contributed by atoms with Crippen LogP contribution in [0, 0.1) is 18.7 Å². The quantitative estimate of drug-likeness (QED) is 0.917. The lowest BCUT2D eigenvalue weighted by molar-refractivity contribution is -0.117. The molecule has 0 radical (unpaired) electrons. The molecular formula is C18H23FN4O. The lowest BCUT2D eigenvalue weighted by atomic mass is 9.96. The Bertz CT molecular complexity index is 692. The van der Waals surface area contributed by atoms with Gasteiger partial charge in [-0.05, 0) is 50.9 Å². The van der Waals surface area contributed by atoms with Crippen molar-refractivity contribution in [2.24, 2.45) is 5.92 Å². The second-order valence-electron chi connectivity index (χ2n) is 6.37. The number of rotatable bonds is 5. The van der Waals surface area contributed by atoms with E-state index in [1.165, 1.54) is 6.07 Å². The van der Waals surface area contributed by atoms with Crippen LogP contribution >= 0.6 is 0 Å². The number of likely N-dealkylation sites (tertiary alicyclic amines) is 1. The van der Waals surface area contributed by atoms with E-state index in [1.54, 1.807) is 18.2 Å². The van der Waals surface area contributed by atoms with Gasteiger partial charge in [-0.3, -0.25) is 9.69 Å². The van der Waals surface area contributed by atoms with Gasteiger partial charge in [0.25, 0.3) is 0 Å². The third-order valence-electron chi connectivity index (χ3n) is 4.60. The van der Waals surface area contributed by atoms with E-state index in [-0.39, 0.29) is 11.6 Å². The third kappa shape index (κ3) is 4.20. The first-order valence-electron chi connectivity index (χ1n) is 8.36. The maximum Gasteiger partial charge on any atom is 0.238 e. The number of imidazole rings is 1. The summed E-state index contributed by atoms with van der Waals surface area (Å²) in [6.45, 7) is 5.10. The Morgan fingerprint density at radius 1 is 1.33 bits per heavy atom. The van der Waals surface area contributed by atoms with Crippen molar-refractivity contribution in [1.82, 2.24) is 14.5 Å². The molecule has 0 bridgehead atoms. The highest BCUT2D eigenvalue weighted by Gasteiger charge is 2.21. The molecular weight excluding hydrogens is 307 g/mol. The fourth-order valence-electron chi connectivity index (χ4n) is 3.16. The Balaban J connectivity index is 1.44. The molecule has 1 saturated heterocycles. The highest BCUT2D eigenvalue weighted by atomic mass is 19.1. The number of hydrogen-bond donors (Lipinski definition) is 1. The van der Waals surface area contributed by atoms with Crippen LogP contribution in [0.4, 0.5) is 10.1 Å². The number of aryl methyl sites for hydroxylation is 1. The standard InChI is InChI=1S/C18H23FN4O/c1-14-20-8-11-23(14)12-15-6-9-22(10-7-15)13-18(24)21-17-5-3-2-4-16(17)19/h2-5,8,11,15H,6-7,9-10,12-13H2,1H3,(H,21,24). The Morgan fingerprint density at radius 3 is 2.75 bits per heavy atom. The van der Waals surface area contributed by atoms with Crippen molar-refractivity contribution >= 4 is 11.6 Å². The monoisotopic (exact) mass is 330 g/mol. The number of halogens is 1. The Hall–Kier alpha value is -2.21. The molecule has 24 heavy (non-hydrogen) atoms. The van der Waals surface area contributed by atoms with Crippen molar-refractivity contribution < 1.29 is 9.18 Å². The van der Waals surface area contributed by atoms with Crippen LogP contribution in [0.5, 0.6) is 0 Å². The first-order chi connectivity index (χ1) is 11.6. The van der Waals surface area contributed by atoms with Crippen molar-refractivity contribution in [1.29, 1.82) is 0 Å². The maximum atomic E-state index is 13.6. The molecule has 1 aromatic carbocycles. The van der Waals surface area contributed by atoms with E-state index < -0.39 is 5.82 Å². The molecule has 1 aromatic heterocycles. The van der Waals surface area contributed by atoms with Crippen molar-refractivity contribution in [3.8, 4) is 0 Å². The predicted octanol–water partition coefficient (Wildman–Crippen LogP) is 2.68. The number of hydrogen-bond acceptors (Lipinski definition) is 3. The Labute approximate surface area is 141 Å². The number of benzene rings is 1. The summed E-state index contributed by atoms with van der Waals surface area (Å²) in [5, 5.41) is 2.64. The molecule has 1 aliphatic rings. The van der Waals surface area contributed by atoms with E-state index in [2.05, 4.69) is 19.8 Å². The van der Waals surface area contributed by atoms with E-state index in [4.69, 9.17) is 0 Å². The van der Waals surface area contributed by atoms with Crippen LogP contribution in [0.1, 0.15) is 18.7 Å². The second kappa shape index (κ2) is 7.57. The largest absolute Gasteiger partial charge is 0.335 e. The molecule has 1 amide bonds. The van der Waals surface area contributed by atoms with Crippen LogP contribution in [0.3, 0.4) is 0 Å². The van der Waals surface area contributed by atoms with E-state index >= 15 is 0 Å². The van der Waals surface area contributed by atoms with Gasteiger partial charge in [0.1, 0.15) is 11.6 Å². The zero-order valence-electron chi connectivity index (χ0n) is 13.9. The summed E-state index contributed by atoms with van der Waals surface area (Å²) < 4.78 is 15.7. The van der Waals surface area contributed by atoms with Crippen LogP contribution in [-0.2, 0) is 11.3 Å².